The Balaban J connectivity index is 2.13. The van der Waals surface area contributed by atoms with Crippen molar-refractivity contribution < 1.29 is 4.63 Å². The van der Waals surface area contributed by atoms with Crippen LogP contribution in [0.15, 0.2) is 65.3 Å². The van der Waals surface area contributed by atoms with Crippen LogP contribution in [-0.2, 0) is 0 Å². The first-order valence-corrected chi connectivity index (χ1v) is 5.38. The van der Waals surface area contributed by atoms with Crippen LogP contribution in [0.1, 0.15) is 0 Å². The van der Waals surface area contributed by atoms with Crippen LogP contribution in [0.3, 0.4) is 0 Å². The molecule has 0 fully saturated rings. The van der Waals surface area contributed by atoms with E-state index in [-0.39, 0.29) is 0 Å². The van der Waals surface area contributed by atoms with Gasteiger partial charge in [-0.15, -0.1) is 0 Å². The SMILES string of the molecule is c1ccc(-c2nonc2-c2ccccc2)cc1. The molecule has 0 saturated heterocycles. The second-order valence-corrected chi connectivity index (χ2v) is 3.69. The number of nitrogens with zero attached hydrogens (tertiary/aromatic N) is 2. The average Bonchev–Trinajstić information content (AvgIpc) is 2.90. The van der Waals surface area contributed by atoms with E-state index in [0.717, 1.165) is 22.5 Å². The Morgan fingerprint density at radius 1 is 0.588 bits per heavy atom. The van der Waals surface area contributed by atoms with Crippen molar-refractivity contribution in [2.75, 3.05) is 0 Å². The summed E-state index contributed by atoms with van der Waals surface area (Å²) in [6.45, 7) is 0. The molecule has 82 valence electrons. The zero-order chi connectivity index (χ0) is 11.5. The summed E-state index contributed by atoms with van der Waals surface area (Å²) >= 11 is 0. The minimum atomic E-state index is 0.775. The van der Waals surface area contributed by atoms with Gasteiger partial charge in [-0.05, 0) is 10.3 Å². The van der Waals surface area contributed by atoms with Gasteiger partial charge in [-0.25, -0.2) is 4.63 Å². The summed E-state index contributed by atoms with van der Waals surface area (Å²) in [5.41, 5.74) is 3.56. The highest BCUT2D eigenvalue weighted by Crippen LogP contribution is 2.28. The summed E-state index contributed by atoms with van der Waals surface area (Å²) in [5.74, 6) is 0. The number of hydrogen-bond acceptors (Lipinski definition) is 3. The van der Waals surface area contributed by atoms with Gasteiger partial charge in [0.2, 0.25) is 0 Å². The predicted molar refractivity (Wildman–Crippen MR) is 65.2 cm³/mol. The van der Waals surface area contributed by atoms with Gasteiger partial charge in [-0.2, -0.15) is 0 Å². The van der Waals surface area contributed by atoms with Gasteiger partial charge in [0.05, 0.1) is 0 Å². The van der Waals surface area contributed by atoms with E-state index in [9.17, 15) is 0 Å². The molecular formula is C14H10N2O. The average molecular weight is 222 g/mol. The molecule has 0 spiro atoms. The Labute approximate surface area is 98.7 Å². The van der Waals surface area contributed by atoms with Crippen molar-refractivity contribution in [1.29, 1.82) is 0 Å². The predicted octanol–water partition coefficient (Wildman–Crippen LogP) is 3.40. The fourth-order valence-electron chi connectivity index (χ4n) is 1.76. The third-order valence-corrected chi connectivity index (χ3v) is 2.58. The van der Waals surface area contributed by atoms with Crippen molar-refractivity contribution in [3.8, 4) is 22.5 Å². The van der Waals surface area contributed by atoms with E-state index in [1.165, 1.54) is 0 Å². The maximum absolute atomic E-state index is 4.85. The van der Waals surface area contributed by atoms with Gasteiger partial charge in [0.15, 0.2) is 0 Å². The molecule has 3 rings (SSSR count). The maximum atomic E-state index is 4.85. The largest absolute Gasteiger partial charge is 0.243 e. The molecule has 0 amide bonds. The summed E-state index contributed by atoms with van der Waals surface area (Å²) in [7, 11) is 0. The van der Waals surface area contributed by atoms with Crippen molar-refractivity contribution in [3.05, 3.63) is 60.7 Å². The Hall–Kier alpha value is -2.42. The van der Waals surface area contributed by atoms with Crippen molar-refractivity contribution in [1.82, 2.24) is 10.3 Å². The van der Waals surface area contributed by atoms with Crippen LogP contribution < -0.4 is 0 Å². The van der Waals surface area contributed by atoms with Crippen LogP contribution >= 0.6 is 0 Å². The molecule has 0 atom stereocenters. The van der Waals surface area contributed by atoms with Crippen LogP contribution in [0, 0.1) is 0 Å². The number of aromatic nitrogens is 2. The molecule has 3 heteroatoms. The molecule has 3 aromatic rings. The number of benzene rings is 2. The van der Waals surface area contributed by atoms with Gasteiger partial charge >= 0.3 is 0 Å². The van der Waals surface area contributed by atoms with Crippen LogP contribution in [0.4, 0.5) is 0 Å². The summed E-state index contributed by atoms with van der Waals surface area (Å²) in [6, 6.07) is 19.8. The van der Waals surface area contributed by atoms with E-state index in [4.69, 9.17) is 4.63 Å². The van der Waals surface area contributed by atoms with E-state index in [1.807, 2.05) is 60.7 Å². The lowest BCUT2D eigenvalue weighted by molar-refractivity contribution is 0.310. The van der Waals surface area contributed by atoms with Crippen LogP contribution in [0.2, 0.25) is 0 Å². The Kier molecular flexibility index (Phi) is 2.43. The molecule has 17 heavy (non-hydrogen) atoms. The normalized spacial score (nSPS) is 10.4. The van der Waals surface area contributed by atoms with E-state index in [2.05, 4.69) is 10.3 Å². The highest BCUT2D eigenvalue weighted by Gasteiger charge is 2.13. The van der Waals surface area contributed by atoms with Crippen LogP contribution in [-0.4, -0.2) is 10.3 Å². The summed E-state index contributed by atoms with van der Waals surface area (Å²) in [4.78, 5) is 0. The monoisotopic (exact) mass is 222 g/mol. The van der Waals surface area contributed by atoms with Crippen molar-refractivity contribution >= 4 is 0 Å². The van der Waals surface area contributed by atoms with Gasteiger partial charge in [0, 0.05) is 11.1 Å². The van der Waals surface area contributed by atoms with Crippen molar-refractivity contribution in [2.45, 2.75) is 0 Å². The molecule has 0 bridgehead atoms. The first-order chi connectivity index (χ1) is 8.45. The fraction of sp³-hybridized carbons (Fsp3) is 0. The van der Waals surface area contributed by atoms with Gasteiger partial charge < -0.3 is 0 Å². The molecule has 0 aliphatic rings. The second kappa shape index (κ2) is 4.22. The van der Waals surface area contributed by atoms with Crippen LogP contribution in [0.25, 0.3) is 22.5 Å². The van der Waals surface area contributed by atoms with E-state index in [1.54, 1.807) is 0 Å². The third-order valence-electron chi connectivity index (χ3n) is 2.58. The summed E-state index contributed by atoms with van der Waals surface area (Å²) < 4.78 is 4.85. The van der Waals surface area contributed by atoms with Gasteiger partial charge in [0.1, 0.15) is 11.4 Å². The number of hydrogen-bond donors (Lipinski definition) is 0. The number of rotatable bonds is 2. The Bertz CT molecular complexity index is 548. The Morgan fingerprint density at radius 3 is 1.41 bits per heavy atom. The molecule has 0 unspecified atom stereocenters. The summed E-state index contributed by atoms with van der Waals surface area (Å²) in [6.07, 6.45) is 0. The highest BCUT2D eigenvalue weighted by atomic mass is 16.6. The smallest absolute Gasteiger partial charge is 0.143 e. The molecule has 0 aliphatic carbocycles. The minimum absolute atomic E-state index is 0.775. The standard InChI is InChI=1S/C14H10N2O/c1-3-7-11(8-4-1)13-14(16-17-15-13)12-9-5-2-6-10-12/h1-10H. The topological polar surface area (TPSA) is 38.9 Å². The van der Waals surface area contributed by atoms with Crippen molar-refractivity contribution in [2.24, 2.45) is 0 Å². The van der Waals surface area contributed by atoms with Crippen LogP contribution in [0.5, 0.6) is 0 Å². The lowest BCUT2D eigenvalue weighted by Gasteiger charge is -1.98. The molecule has 2 aromatic carbocycles. The molecule has 0 saturated carbocycles. The highest BCUT2D eigenvalue weighted by molar-refractivity contribution is 5.76. The van der Waals surface area contributed by atoms with E-state index >= 15 is 0 Å². The quantitative estimate of drug-likeness (QED) is 0.667. The van der Waals surface area contributed by atoms with E-state index < -0.39 is 0 Å². The summed E-state index contributed by atoms with van der Waals surface area (Å²) in [5, 5.41) is 7.95. The fourth-order valence-corrected chi connectivity index (χ4v) is 1.76. The zero-order valence-electron chi connectivity index (χ0n) is 9.08. The first-order valence-electron chi connectivity index (χ1n) is 5.38. The van der Waals surface area contributed by atoms with Gasteiger partial charge in [-0.3, -0.25) is 0 Å². The first kappa shape index (κ1) is 9.78. The molecule has 0 radical (unpaired) electrons. The second-order valence-electron chi connectivity index (χ2n) is 3.69. The molecular weight excluding hydrogens is 212 g/mol. The zero-order valence-corrected chi connectivity index (χ0v) is 9.08. The van der Waals surface area contributed by atoms with Gasteiger partial charge in [0.25, 0.3) is 0 Å². The maximum Gasteiger partial charge on any atom is 0.143 e. The lowest BCUT2D eigenvalue weighted by atomic mass is 10.1. The third kappa shape index (κ3) is 1.83. The van der Waals surface area contributed by atoms with Gasteiger partial charge in [-0.1, -0.05) is 60.7 Å². The molecule has 3 nitrogen and oxygen atoms in total. The molecule has 1 aromatic heterocycles. The minimum Gasteiger partial charge on any atom is -0.243 e. The molecule has 0 N–H and O–H groups in total. The van der Waals surface area contributed by atoms with E-state index in [0.29, 0.717) is 0 Å². The Morgan fingerprint density at radius 2 is 1.00 bits per heavy atom. The molecule has 0 aliphatic heterocycles. The molecule has 1 heterocycles. The van der Waals surface area contributed by atoms with Crippen molar-refractivity contribution in [3.63, 3.8) is 0 Å². The lowest BCUT2D eigenvalue weighted by Crippen LogP contribution is -1.82.